The van der Waals surface area contributed by atoms with Crippen LogP contribution in [-0.4, -0.2) is 31.3 Å². The molecule has 0 aliphatic rings. The average molecular weight is 250 g/mol. The molecule has 2 heterocycles. The molecule has 0 aromatic carbocycles. The summed E-state index contributed by atoms with van der Waals surface area (Å²) in [7, 11) is 1.71. The van der Waals surface area contributed by atoms with Crippen molar-refractivity contribution in [2.75, 3.05) is 0 Å². The van der Waals surface area contributed by atoms with Gasteiger partial charge in [0.1, 0.15) is 5.76 Å². The maximum atomic E-state index is 10.9. The van der Waals surface area contributed by atoms with E-state index in [-0.39, 0.29) is 12.3 Å². The van der Waals surface area contributed by atoms with Crippen molar-refractivity contribution in [3.63, 3.8) is 0 Å². The lowest BCUT2D eigenvalue weighted by Crippen LogP contribution is -2.12. The normalized spacial score (nSPS) is 12.5. The zero-order valence-electron chi connectivity index (χ0n) is 9.98. The number of furan rings is 1. The molecular weight excluding hydrogens is 236 g/mol. The quantitative estimate of drug-likeness (QED) is 0.821. The summed E-state index contributed by atoms with van der Waals surface area (Å²) >= 11 is 0. The van der Waals surface area contributed by atoms with Crippen LogP contribution in [0.3, 0.4) is 0 Å². The molecule has 2 rings (SSSR count). The van der Waals surface area contributed by atoms with E-state index in [1.165, 1.54) is 4.68 Å². The molecule has 0 fully saturated rings. The molecule has 0 aliphatic carbocycles. The van der Waals surface area contributed by atoms with E-state index in [1.54, 1.807) is 13.3 Å². The van der Waals surface area contributed by atoms with Crippen LogP contribution in [0.5, 0.6) is 0 Å². The summed E-state index contributed by atoms with van der Waals surface area (Å²) in [6, 6.07) is 3.68. The van der Waals surface area contributed by atoms with Gasteiger partial charge in [0.2, 0.25) is 0 Å². The van der Waals surface area contributed by atoms with Crippen molar-refractivity contribution >= 4 is 5.97 Å². The second-order valence-electron chi connectivity index (χ2n) is 4.07. The fourth-order valence-electron chi connectivity index (χ4n) is 1.89. The number of aliphatic carboxylic acids is 1. The van der Waals surface area contributed by atoms with Crippen molar-refractivity contribution in [2.24, 2.45) is 7.05 Å². The van der Waals surface area contributed by atoms with Gasteiger partial charge in [0.05, 0.1) is 12.7 Å². The third-order valence-corrected chi connectivity index (χ3v) is 2.76. The number of hydrogen-bond acceptors (Lipinski definition) is 5. The molecule has 96 valence electrons. The van der Waals surface area contributed by atoms with Gasteiger partial charge in [0, 0.05) is 19.4 Å². The van der Waals surface area contributed by atoms with E-state index >= 15 is 0 Å². The molecule has 7 nitrogen and oxygen atoms in total. The lowest BCUT2D eigenvalue weighted by molar-refractivity contribution is -0.137. The molecule has 2 aromatic heterocycles. The van der Waals surface area contributed by atoms with Gasteiger partial charge in [-0.3, -0.25) is 4.79 Å². The Morgan fingerprint density at radius 3 is 3.00 bits per heavy atom. The highest BCUT2D eigenvalue weighted by molar-refractivity contribution is 5.67. The molecule has 1 N–H and O–H groups in total. The van der Waals surface area contributed by atoms with Gasteiger partial charge >= 0.3 is 5.97 Å². The van der Waals surface area contributed by atoms with Crippen molar-refractivity contribution in [2.45, 2.75) is 25.2 Å². The van der Waals surface area contributed by atoms with Gasteiger partial charge in [0.25, 0.3) is 0 Å². The first-order valence-electron chi connectivity index (χ1n) is 5.63. The molecule has 0 bridgehead atoms. The van der Waals surface area contributed by atoms with Gasteiger partial charge < -0.3 is 9.52 Å². The summed E-state index contributed by atoms with van der Waals surface area (Å²) in [4.78, 5) is 10.9. The Kier molecular flexibility index (Phi) is 3.71. The van der Waals surface area contributed by atoms with Crippen LogP contribution in [0, 0.1) is 0 Å². The summed E-state index contributed by atoms with van der Waals surface area (Å²) < 4.78 is 6.74. The van der Waals surface area contributed by atoms with Crippen molar-refractivity contribution < 1.29 is 14.3 Å². The number of carbonyl (C=O) groups is 1. The van der Waals surface area contributed by atoms with E-state index in [0.29, 0.717) is 18.7 Å². The summed E-state index contributed by atoms with van der Waals surface area (Å²) in [6.45, 7) is 0. The van der Waals surface area contributed by atoms with E-state index < -0.39 is 5.97 Å². The number of rotatable bonds is 6. The maximum absolute atomic E-state index is 10.9. The monoisotopic (exact) mass is 250 g/mol. The Bertz CT molecular complexity index is 506. The molecule has 1 unspecified atom stereocenters. The van der Waals surface area contributed by atoms with Crippen molar-refractivity contribution in [3.8, 4) is 0 Å². The van der Waals surface area contributed by atoms with Crippen molar-refractivity contribution in [1.82, 2.24) is 20.2 Å². The smallest absolute Gasteiger partial charge is 0.304 e. The van der Waals surface area contributed by atoms with Crippen LogP contribution in [0.15, 0.2) is 22.8 Å². The van der Waals surface area contributed by atoms with Gasteiger partial charge in [-0.1, -0.05) is 0 Å². The number of nitrogens with zero attached hydrogens (tertiary/aromatic N) is 4. The van der Waals surface area contributed by atoms with Crippen LogP contribution in [0.25, 0.3) is 0 Å². The molecule has 0 amide bonds. The van der Waals surface area contributed by atoms with Crippen molar-refractivity contribution in [3.05, 3.63) is 30.0 Å². The molecule has 0 radical (unpaired) electrons. The third-order valence-electron chi connectivity index (χ3n) is 2.76. The summed E-state index contributed by atoms with van der Waals surface area (Å²) in [5.41, 5.74) is 0. The zero-order valence-corrected chi connectivity index (χ0v) is 9.98. The largest absolute Gasteiger partial charge is 0.481 e. The summed E-state index contributed by atoms with van der Waals surface area (Å²) in [5, 5.41) is 20.1. The Morgan fingerprint density at radius 1 is 1.61 bits per heavy atom. The van der Waals surface area contributed by atoms with Gasteiger partial charge in [0.15, 0.2) is 5.82 Å². The van der Waals surface area contributed by atoms with E-state index in [9.17, 15) is 4.79 Å². The fraction of sp³-hybridized carbons (Fsp3) is 0.455. The highest BCUT2D eigenvalue weighted by Crippen LogP contribution is 2.22. The first kappa shape index (κ1) is 12.3. The summed E-state index contributed by atoms with van der Waals surface area (Å²) in [6.07, 6.45) is 2.91. The second-order valence-corrected chi connectivity index (χ2v) is 4.07. The van der Waals surface area contributed by atoms with E-state index in [0.717, 1.165) is 5.76 Å². The topological polar surface area (TPSA) is 94.0 Å². The minimum absolute atomic E-state index is 0.00885. The standard InChI is InChI=1S/C11H14N4O3/c1-15-11(12-13-14-15)8(7-10(16)17)4-5-9-3-2-6-18-9/h2-3,6,8H,4-5,7H2,1H3,(H,16,17). The van der Waals surface area contributed by atoms with Crippen molar-refractivity contribution in [1.29, 1.82) is 0 Å². The molecule has 18 heavy (non-hydrogen) atoms. The minimum Gasteiger partial charge on any atom is -0.481 e. The molecular formula is C11H14N4O3. The lowest BCUT2D eigenvalue weighted by atomic mass is 9.98. The third kappa shape index (κ3) is 2.93. The number of hydrogen-bond donors (Lipinski definition) is 1. The van der Waals surface area contributed by atoms with Gasteiger partial charge in [-0.05, 0) is 29.0 Å². The molecule has 0 aliphatic heterocycles. The molecule has 2 aromatic rings. The number of tetrazole rings is 1. The van der Waals surface area contributed by atoms with Crippen LogP contribution in [-0.2, 0) is 18.3 Å². The SMILES string of the molecule is Cn1nnnc1C(CCc1ccco1)CC(=O)O. The first-order chi connectivity index (χ1) is 8.66. The Hall–Kier alpha value is -2.18. The molecule has 0 saturated carbocycles. The zero-order chi connectivity index (χ0) is 13.0. The highest BCUT2D eigenvalue weighted by Gasteiger charge is 2.21. The summed E-state index contributed by atoms with van der Waals surface area (Å²) in [5.74, 6) is 0.347. The fourth-order valence-corrected chi connectivity index (χ4v) is 1.89. The van der Waals surface area contributed by atoms with Gasteiger partial charge in [-0.2, -0.15) is 0 Å². The van der Waals surface area contributed by atoms with Crippen LogP contribution in [0.4, 0.5) is 0 Å². The van der Waals surface area contributed by atoms with E-state index in [2.05, 4.69) is 15.5 Å². The predicted octanol–water partition coefficient (Wildman–Crippen LogP) is 0.994. The Labute approximate surface area is 103 Å². The highest BCUT2D eigenvalue weighted by atomic mass is 16.4. The number of carboxylic acids is 1. The second kappa shape index (κ2) is 5.44. The van der Waals surface area contributed by atoms with Crippen LogP contribution < -0.4 is 0 Å². The number of aryl methyl sites for hydroxylation is 2. The van der Waals surface area contributed by atoms with E-state index in [4.69, 9.17) is 9.52 Å². The van der Waals surface area contributed by atoms with Gasteiger partial charge in [-0.25, -0.2) is 4.68 Å². The number of carboxylic acid groups (broad SMARTS) is 1. The van der Waals surface area contributed by atoms with Crippen LogP contribution in [0.2, 0.25) is 0 Å². The van der Waals surface area contributed by atoms with E-state index in [1.807, 2.05) is 12.1 Å². The average Bonchev–Trinajstić information content (AvgIpc) is 2.95. The molecule has 7 heteroatoms. The molecule has 0 saturated heterocycles. The lowest BCUT2D eigenvalue weighted by Gasteiger charge is -2.11. The predicted molar refractivity (Wildman–Crippen MR) is 60.8 cm³/mol. The first-order valence-corrected chi connectivity index (χ1v) is 5.63. The Balaban J connectivity index is 2.06. The molecule has 1 atom stereocenters. The Morgan fingerprint density at radius 2 is 2.44 bits per heavy atom. The molecule has 0 spiro atoms. The maximum Gasteiger partial charge on any atom is 0.304 e. The minimum atomic E-state index is -0.859. The van der Waals surface area contributed by atoms with Crippen LogP contribution >= 0.6 is 0 Å². The van der Waals surface area contributed by atoms with Crippen LogP contribution in [0.1, 0.15) is 30.3 Å². The number of aromatic nitrogens is 4. The van der Waals surface area contributed by atoms with Gasteiger partial charge in [-0.15, -0.1) is 5.10 Å².